The number of carbonyl (C=O) groups is 2. The average Bonchev–Trinajstić information content (AvgIpc) is 2.64. The van der Waals surface area contributed by atoms with E-state index in [0.717, 1.165) is 5.01 Å². The molecule has 1 aromatic heterocycles. The largest absolute Gasteiger partial charge is 0.480 e. The Morgan fingerprint density at radius 1 is 1.69 bits per heavy atom. The van der Waals surface area contributed by atoms with Gasteiger partial charge in [0.2, 0.25) is 0 Å². The predicted octanol–water partition coefficient (Wildman–Crippen LogP) is 0.281. The van der Waals surface area contributed by atoms with Crippen LogP contribution in [0.5, 0.6) is 0 Å². The van der Waals surface area contributed by atoms with Gasteiger partial charge in [-0.25, -0.2) is 9.78 Å². The number of nitrogens with one attached hydrogen (secondary N) is 1. The Balaban J connectivity index is 2.65. The van der Waals surface area contributed by atoms with E-state index < -0.39 is 17.9 Å². The highest BCUT2D eigenvalue weighted by Gasteiger charge is 2.21. The first-order valence-electron chi connectivity index (χ1n) is 4.49. The minimum Gasteiger partial charge on any atom is -0.480 e. The predicted molar refractivity (Wildman–Crippen MR) is 57.6 cm³/mol. The summed E-state index contributed by atoms with van der Waals surface area (Å²) in [6.07, 6.45) is 1.42. The third kappa shape index (κ3) is 3.28. The Morgan fingerprint density at radius 3 is 2.81 bits per heavy atom. The lowest BCUT2D eigenvalue weighted by Gasteiger charge is -2.12. The maximum atomic E-state index is 11.6. The van der Waals surface area contributed by atoms with Gasteiger partial charge in [-0.3, -0.25) is 4.79 Å². The van der Waals surface area contributed by atoms with Gasteiger partial charge in [0.15, 0.2) is 6.04 Å². The van der Waals surface area contributed by atoms with Crippen LogP contribution in [0.2, 0.25) is 0 Å². The molecule has 0 fully saturated rings. The lowest BCUT2D eigenvalue weighted by atomic mass is 10.3. The average molecular weight is 244 g/mol. The molecule has 1 rings (SSSR count). The number of nitrogens with zero attached hydrogens (tertiary/aromatic N) is 1. The number of amides is 1. The molecule has 0 radical (unpaired) electrons. The van der Waals surface area contributed by atoms with Crippen molar-refractivity contribution in [2.75, 3.05) is 13.7 Å². The number of hydrogen-bond donors (Lipinski definition) is 2. The number of hydrogen-bond acceptors (Lipinski definition) is 5. The van der Waals surface area contributed by atoms with Crippen LogP contribution in [-0.2, 0) is 9.53 Å². The number of carboxylic acids is 1. The van der Waals surface area contributed by atoms with E-state index in [9.17, 15) is 9.59 Å². The molecule has 1 amide bonds. The summed E-state index contributed by atoms with van der Waals surface area (Å²) in [5, 5.41) is 11.9. The molecule has 16 heavy (non-hydrogen) atoms. The van der Waals surface area contributed by atoms with E-state index in [1.807, 2.05) is 0 Å². The van der Waals surface area contributed by atoms with E-state index in [1.165, 1.54) is 24.6 Å². The van der Waals surface area contributed by atoms with Gasteiger partial charge < -0.3 is 15.2 Å². The summed E-state index contributed by atoms with van der Waals surface area (Å²) < 4.78 is 4.70. The maximum absolute atomic E-state index is 11.6. The zero-order chi connectivity index (χ0) is 12.1. The molecule has 0 bridgehead atoms. The highest BCUT2D eigenvalue weighted by molar-refractivity contribution is 7.13. The summed E-state index contributed by atoms with van der Waals surface area (Å²) in [4.78, 5) is 26.6. The van der Waals surface area contributed by atoms with E-state index in [1.54, 1.807) is 6.92 Å². The van der Waals surface area contributed by atoms with Crippen molar-refractivity contribution in [1.29, 1.82) is 0 Å². The Hall–Kier alpha value is -1.47. The van der Waals surface area contributed by atoms with Crippen LogP contribution in [0.1, 0.15) is 14.7 Å². The molecule has 1 aromatic rings. The number of aryl methyl sites for hydroxylation is 1. The minimum atomic E-state index is -1.13. The van der Waals surface area contributed by atoms with Gasteiger partial charge in [0.1, 0.15) is 4.88 Å². The first-order chi connectivity index (χ1) is 7.54. The minimum absolute atomic E-state index is 0.0706. The van der Waals surface area contributed by atoms with Crippen LogP contribution in [-0.4, -0.2) is 41.7 Å². The molecule has 6 nitrogen and oxygen atoms in total. The van der Waals surface area contributed by atoms with Crippen molar-refractivity contribution in [3.63, 3.8) is 0 Å². The Morgan fingerprint density at radius 2 is 2.38 bits per heavy atom. The second kappa shape index (κ2) is 5.57. The second-order valence-electron chi connectivity index (χ2n) is 3.06. The summed E-state index contributed by atoms with van der Waals surface area (Å²) >= 11 is 1.21. The van der Waals surface area contributed by atoms with Crippen molar-refractivity contribution in [2.24, 2.45) is 0 Å². The molecule has 0 saturated heterocycles. The number of ether oxygens (including phenoxy) is 1. The fourth-order valence-electron chi connectivity index (χ4n) is 1.04. The molecule has 0 aliphatic heterocycles. The summed E-state index contributed by atoms with van der Waals surface area (Å²) in [5.41, 5.74) is 0. The fourth-order valence-corrected chi connectivity index (χ4v) is 1.72. The summed E-state index contributed by atoms with van der Waals surface area (Å²) in [6.45, 7) is 1.70. The lowest BCUT2D eigenvalue weighted by molar-refractivity contribution is -0.140. The summed E-state index contributed by atoms with van der Waals surface area (Å²) in [5.74, 6) is -1.58. The molecule has 2 N–H and O–H groups in total. The number of carboxylic acid groups (broad SMARTS) is 1. The van der Waals surface area contributed by atoms with Gasteiger partial charge in [-0.1, -0.05) is 0 Å². The number of rotatable bonds is 5. The zero-order valence-corrected chi connectivity index (χ0v) is 9.71. The van der Waals surface area contributed by atoms with Crippen LogP contribution in [0, 0.1) is 6.92 Å². The maximum Gasteiger partial charge on any atom is 0.328 e. The Bertz CT molecular complexity index is 391. The molecular weight excluding hydrogens is 232 g/mol. The van der Waals surface area contributed by atoms with Crippen molar-refractivity contribution >= 4 is 23.2 Å². The van der Waals surface area contributed by atoms with Gasteiger partial charge in [-0.15, -0.1) is 11.3 Å². The van der Waals surface area contributed by atoms with Gasteiger partial charge in [-0.05, 0) is 6.92 Å². The highest BCUT2D eigenvalue weighted by atomic mass is 32.1. The highest BCUT2D eigenvalue weighted by Crippen LogP contribution is 2.11. The van der Waals surface area contributed by atoms with E-state index in [2.05, 4.69) is 10.3 Å². The van der Waals surface area contributed by atoms with Crippen molar-refractivity contribution in [2.45, 2.75) is 13.0 Å². The number of thiazole rings is 1. The van der Waals surface area contributed by atoms with Crippen molar-refractivity contribution in [3.05, 3.63) is 16.1 Å². The zero-order valence-electron chi connectivity index (χ0n) is 8.89. The Kier molecular flexibility index (Phi) is 4.39. The SMILES string of the molecule is COCC(NC(=O)c1cnc(C)s1)C(=O)O. The van der Waals surface area contributed by atoms with E-state index >= 15 is 0 Å². The molecule has 88 valence electrons. The van der Waals surface area contributed by atoms with Crippen LogP contribution in [0.4, 0.5) is 0 Å². The lowest BCUT2D eigenvalue weighted by Crippen LogP contribution is -2.43. The smallest absolute Gasteiger partial charge is 0.328 e. The van der Waals surface area contributed by atoms with E-state index in [4.69, 9.17) is 9.84 Å². The van der Waals surface area contributed by atoms with Gasteiger partial charge in [0, 0.05) is 7.11 Å². The standard InChI is InChI=1S/C9H12N2O4S/c1-5-10-3-7(16-5)8(12)11-6(4-15-2)9(13)14/h3,6H,4H2,1-2H3,(H,11,12)(H,13,14). The Labute approximate surface area is 96.3 Å². The molecule has 7 heteroatoms. The number of aromatic nitrogens is 1. The molecule has 1 unspecified atom stereocenters. The number of methoxy groups -OCH3 is 1. The first-order valence-corrected chi connectivity index (χ1v) is 5.31. The molecule has 0 aromatic carbocycles. The van der Waals surface area contributed by atoms with Gasteiger partial charge in [-0.2, -0.15) is 0 Å². The second-order valence-corrected chi connectivity index (χ2v) is 4.30. The van der Waals surface area contributed by atoms with Crippen LogP contribution in [0.3, 0.4) is 0 Å². The quantitative estimate of drug-likeness (QED) is 0.776. The fraction of sp³-hybridized carbons (Fsp3) is 0.444. The normalized spacial score (nSPS) is 12.1. The number of aliphatic carboxylic acids is 1. The molecule has 0 spiro atoms. The third-order valence-corrected chi connectivity index (χ3v) is 2.69. The molecule has 0 aliphatic rings. The summed E-state index contributed by atoms with van der Waals surface area (Å²) in [7, 11) is 1.37. The van der Waals surface area contributed by atoms with Gasteiger partial charge in [0.05, 0.1) is 17.8 Å². The van der Waals surface area contributed by atoms with E-state index in [0.29, 0.717) is 4.88 Å². The molecule has 0 saturated carbocycles. The van der Waals surface area contributed by atoms with Crippen LogP contribution < -0.4 is 5.32 Å². The van der Waals surface area contributed by atoms with Crippen LogP contribution in [0.25, 0.3) is 0 Å². The number of carbonyl (C=O) groups excluding carboxylic acids is 1. The van der Waals surface area contributed by atoms with Gasteiger partial charge in [0.25, 0.3) is 5.91 Å². The molecular formula is C9H12N2O4S. The molecule has 0 aliphatic carbocycles. The van der Waals surface area contributed by atoms with Gasteiger partial charge >= 0.3 is 5.97 Å². The topological polar surface area (TPSA) is 88.5 Å². The van der Waals surface area contributed by atoms with Crippen molar-refractivity contribution < 1.29 is 19.4 Å². The third-order valence-electron chi connectivity index (χ3n) is 1.78. The summed E-state index contributed by atoms with van der Waals surface area (Å²) in [6, 6.07) is -1.04. The van der Waals surface area contributed by atoms with E-state index in [-0.39, 0.29) is 6.61 Å². The first kappa shape index (κ1) is 12.6. The molecule has 1 atom stereocenters. The van der Waals surface area contributed by atoms with Crippen LogP contribution >= 0.6 is 11.3 Å². The van der Waals surface area contributed by atoms with Crippen molar-refractivity contribution in [1.82, 2.24) is 10.3 Å². The monoisotopic (exact) mass is 244 g/mol. The molecule has 1 heterocycles. The van der Waals surface area contributed by atoms with Crippen LogP contribution in [0.15, 0.2) is 6.20 Å². The van der Waals surface area contributed by atoms with Crippen molar-refractivity contribution in [3.8, 4) is 0 Å².